The van der Waals surface area contributed by atoms with Gasteiger partial charge in [0.05, 0.1) is 29.3 Å². The molecule has 1 fully saturated rings. The molecule has 1 saturated heterocycles. The number of rotatable bonds is 0. The van der Waals surface area contributed by atoms with E-state index in [1.54, 1.807) is 22.9 Å². The molecule has 9 heavy (non-hydrogen) atoms. The molecule has 0 spiro atoms. The highest BCUT2D eigenvalue weighted by Crippen LogP contribution is 2.16. The number of aliphatic hydroxyl groups excluding tert-OH is 1. The third kappa shape index (κ3) is 1.06. The topological polar surface area (TPSA) is 57.6 Å². The highest BCUT2D eigenvalue weighted by Gasteiger charge is 2.35. The summed E-state index contributed by atoms with van der Waals surface area (Å²) < 4.78 is 0.905. The average molecular weight is 241 g/mol. The van der Waals surface area contributed by atoms with Gasteiger partial charge in [0.2, 0.25) is 5.91 Å². The molecule has 1 atom stereocenters. The number of imide groups is 1. The van der Waals surface area contributed by atoms with Crippen molar-refractivity contribution in [1.29, 1.82) is 0 Å². The van der Waals surface area contributed by atoms with E-state index in [-0.39, 0.29) is 12.3 Å². The number of nitrogens with zero attached hydrogens (tertiary/aromatic N) is 1. The van der Waals surface area contributed by atoms with E-state index in [0.29, 0.717) is 0 Å². The summed E-state index contributed by atoms with van der Waals surface area (Å²) in [4.78, 5) is 21.1. The number of amides is 2. The third-order valence-electron chi connectivity index (χ3n) is 1.07. The molecule has 2 amide bonds. The van der Waals surface area contributed by atoms with Gasteiger partial charge in [-0.2, -0.15) is 0 Å². The fourth-order valence-electron chi connectivity index (χ4n) is 0.587. The van der Waals surface area contributed by atoms with Crippen LogP contribution in [0.25, 0.3) is 0 Å². The highest BCUT2D eigenvalue weighted by atomic mass is 127. The van der Waals surface area contributed by atoms with Crippen molar-refractivity contribution in [2.75, 3.05) is 0 Å². The SMILES string of the molecule is O=C1CC(O)C(=O)N1I. The summed E-state index contributed by atoms with van der Waals surface area (Å²) in [6, 6.07) is 0. The molecule has 0 aliphatic carbocycles. The van der Waals surface area contributed by atoms with E-state index < -0.39 is 12.0 Å². The Labute approximate surface area is 65.3 Å². The Morgan fingerprint density at radius 2 is 2.22 bits per heavy atom. The van der Waals surface area contributed by atoms with Gasteiger partial charge in [0.15, 0.2) is 0 Å². The summed E-state index contributed by atoms with van der Waals surface area (Å²) >= 11 is 1.57. The molecule has 0 radical (unpaired) electrons. The van der Waals surface area contributed by atoms with Gasteiger partial charge in [-0.15, -0.1) is 0 Å². The molecular formula is C4H4INO3. The van der Waals surface area contributed by atoms with Crippen LogP contribution in [0.3, 0.4) is 0 Å². The zero-order chi connectivity index (χ0) is 7.02. The summed E-state index contributed by atoms with van der Waals surface area (Å²) in [5, 5.41) is 8.72. The van der Waals surface area contributed by atoms with E-state index in [4.69, 9.17) is 5.11 Å². The van der Waals surface area contributed by atoms with Crippen LogP contribution < -0.4 is 0 Å². The molecule has 1 N–H and O–H groups in total. The number of carbonyl (C=O) groups is 2. The van der Waals surface area contributed by atoms with Crippen LogP contribution in [-0.4, -0.2) is 26.1 Å². The summed E-state index contributed by atoms with van der Waals surface area (Å²) in [5.41, 5.74) is 0. The maximum atomic E-state index is 10.6. The predicted octanol–water partition coefficient (Wildman–Crippen LogP) is -0.544. The van der Waals surface area contributed by atoms with Crippen LogP contribution >= 0.6 is 22.9 Å². The molecule has 50 valence electrons. The minimum Gasteiger partial charge on any atom is -0.383 e. The lowest BCUT2D eigenvalue weighted by Gasteiger charge is -1.99. The van der Waals surface area contributed by atoms with E-state index in [1.165, 1.54) is 0 Å². The lowest BCUT2D eigenvalue weighted by molar-refractivity contribution is -0.133. The van der Waals surface area contributed by atoms with Crippen molar-refractivity contribution in [3.05, 3.63) is 0 Å². The van der Waals surface area contributed by atoms with Gasteiger partial charge in [0.1, 0.15) is 6.10 Å². The lowest BCUT2D eigenvalue weighted by Crippen LogP contribution is -2.21. The van der Waals surface area contributed by atoms with Gasteiger partial charge in [-0.1, -0.05) is 0 Å². The molecule has 1 aliphatic heterocycles. The van der Waals surface area contributed by atoms with Crippen LogP contribution in [0, 0.1) is 0 Å². The minimum atomic E-state index is -1.10. The number of hydrogen-bond donors (Lipinski definition) is 1. The standard InChI is InChI=1S/C4H4INO3/c5-6-3(8)1-2(7)4(6)9/h2,7H,1H2. The summed E-state index contributed by atoms with van der Waals surface area (Å²) in [6.07, 6.45) is -1.17. The Kier molecular flexibility index (Phi) is 1.71. The Morgan fingerprint density at radius 1 is 1.67 bits per heavy atom. The Morgan fingerprint density at radius 3 is 2.33 bits per heavy atom. The van der Waals surface area contributed by atoms with Crippen LogP contribution in [0.5, 0.6) is 0 Å². The number of aliphatic hydroxyl groups is 1. The highest BCUT2D eigenvalue weighted by molar-refractivity contribution is 14.1. The Balaban J connectivity index is 2.77. The normalized spacial score (nSPS) is 27.8. The second-order valence-electron chi connectivity index (χ2n) is 1.73. The quantitative estimate of drug-likeness (QED) is 0.352. The van der Waals surface area contributed by atoms with Crippen molar-refractivity contribution in [3.63, 3.8) is 0 Å². The van der Waals surface area contributed by atoms with Gasteiger partial charge in [0, 0.05) is 0 Å². The van der Waals surface area contributed by atoms with Crippen molar-refractivity contribution in [3.8, 4) is 0 Å². The van der Waals surface area contributed by atoms with Gasteiger partial charge in [-0.05, 0) is 0 Å². The first kappa shape index (κ1) is 6.94. The fraction of sp³-hybridized carbons (Fsp3) is 0.500. The van der Waals surface area contributed by atoms with Crippen LogP contribution in [0.2, 0.25) is 0 Å². The fourth-order valence-corrected chi connectivity index (χ4v) is 1.11. The van der Waals surface area contributed by atoms with E-state index in [0.717, 1.165) is 3.11 Å². The van der Waals surface area contributed by atoms with Crippen LogP contribution in [-0.2, 0) is 9.59 Å². The van der Waals surface area contributed by atoms with Crippen LogP contribution in [0.4, 0.5) is 0 Å². The monoisotopic (exact) mass is 241 g/mol. The van der Waals surface area contributed by atoms with Crippen LogP contribution in [0.1, 0.15) is 6.42 Å². The van der Waals surface area contributed by atoms with Crippen molar-refractivity contribution >= 4 is 34.7 Å². The van der Waals surface area contributed by atoms with Crippen molar-refractivity contribution in [1.82, 2.24) is 3.11 Å². The molecule has 1 rings (SSSR count). The molecule has 1 aliphatic rings. The summed E-state index contributed by atoms with van der Waals surface area (Å²) in [7, 11) is 0. The van der Waals surface area contributed by atoms with Crippen molar-refractivity contribution < 1.29 is 14.7 Å². The van der Waals surface area contributed by atoms with Gasteiger partial charge < -0.3 is 5.11 Å². The van der Waals surface area contributed by atoms with Gasteiger partial charge in [-0.25, -0.2) is 3.11 Å². The number of hydrogen-bond acceptors (Lipinski definition) is 3. The van der Waals surface area contributed by atoms with Gasteiger partial charge in [-0.3, -0.25) is 9.59 Å². The molecule has 5 heteroatoms. The lowest BCUT2D eigenvalue weighted by atomic mass is 10.3. The molecule has 0 aromatic rings. The zero-order valence-electron chi connectivity index (χ0n) is 4.37. The molecule has 1 heterocycles. The summed E-state index contributed by atoms with van der Waals surface area (Å²) in [6.45, 7) is 0. The first-order valence-electron chi connectivity index (χ1n) is 2.33. The summed E-state index contributed by atoms with van der Waals surface area (Å²) in [5.74, 6) is -0.839. The zero-order valence-corrected chi connectivity index (χ0v) is 6.53. The maximum absolute atomic E-state index is 10.6. The predicted molar refractivity (Wildman–Crippen MR) is 36.5 cm³/mol. The average Bonchev–Trinajstić information content (AvgIpc) is 1.98. The molecule has 4 nitrogen and oxygen atoms in total. The minimum absolute atomic E-state index is 0.0677. The second kappa shape index (κ2) is 2.22. The molecular weight excluding hydrogens is 237 g/mol. The van der Waals surface area contributed by atoms with E-state index in [1.807, 2.05) is 0 Å². The van der Waals surface area contributed by atoms with Crippen molar-refractivity contribution in [2.24, 2.45) is 0 Å². The van der Waals surface area contributed by atoms with Crippen LogP contribution in [0.15, 0.2) is 0 Å². The molecule has 0 bridgehead atoms. The molecule has 0 aromatic heterocycles. The van der Waals surface area contributed by atoms with Gasteiger partial charge in [0.25, 0.3) is 5.91 Å². The largest absolute Gasteiger partial charge is 0.383 e. The molecule has 0 saturated carbocycles. The smallest absolute Gasteiger partial charge is 0.267 e. The number of carbonyl (C=O) groups excluding carboxylic acids is 2. The molecule has 1 unspecified atom stereocenters. The number of halogens is 1. The Bertz CT molecular complexity index is 169. The Hall–Kier alpha value is -0.170. The van der Waals surface area contributed by atoms with Crippen molar-refractivity contribution in [2.45, 2.75) is 12.5 Å². The third-order valence-corrected chi connectivity index (χ3v) is 2.08. The molecule has 0 aromatic carbocycles. The first-order valence-corrected chi connectivity index (χ1v) is 3.30. The van der Waals surface area contributed by atoms with E-state index >= 15 is 0 Å². The van der Waals surface area contributed by atoms with E-state index in [2.05, 4.69) is 0 Å². The van der Waals surface area contributed by atoms with Gasteiger partial charge >= 0.3 is 0 Å². The maximum Gasteiger partial charge on any atom is 0.267 e. The first-order chi connectivity index (χ1) is 4.13. The van der Waals surface area contributed by atoms with E-state index in [9.17, 15) is 9.59 Å². The second-order valence-corrected chi connectivity index (χ2v) is 2.70.